The van der Waals surface area contributed by atoms with Gasteiger partial charge < -0.3 is 0 Å². The number of rotatable bonds is 5. The molecule has 0 aromatic heterocycles. The van der Waals surface area contributed by atoms with Crippen LogP contribution < -0.4 is 15.8 Å². The fourth-order valence-electron chi connectivity index (χ4n) is 2.84. The third kappa shape index (κ3) is 3.65. The molecule has 3 amide bonds. The molecule has 1 aliphatic heterocycles. The van der Waals surface area contributed by atoms with Crippen LogP contribution in [0.1, 0.15) is 42.1 Å². The highest BCUT2D eigenvalue weighted by molar-refractivity contribution is 6.22. The van der Waals surface area contributed by atoms with E-state index >= 15 is 0 Å². The van der Waals surface area contributed by atoms with Gasteiger partial charge in [0.1, 0.15) is 6.04 Å². The lowest BCUT2D eigenvalue weighted by molar-refractivity contribution is -0.121. The van der Waals surface area contributed by atoms with Crippen molar-refractivity contribution < 1.29 is 14.4 Å². The molecule has 6 heteroatoms. The maximum absolute atomic E-state index is 12.6. The Kier molecular flexibility index (Phi) is 5.14. The van der Waals surface area contributed by atoms with Gasteiger partial charge in [-0.25, -0.2) is 10.3 Å². The summed E-state index contributed by atoms with van der Waals surface area (Å²) in [6.45, 7) is 4.16. The van der Waals surface area contributed by atoms with Crippen LogP contribution in [0.15, 0.2) is 54.6 Å². The molecule has 134 valence electrons. The first-order chi connectivity index (χ1) is 12.5. The van der Waals surface area contributed by atoms with E-state index in [0.29, 0.717) is 17.2 Å². The van der Waals surface area contributed by atoms with Gasteiger partial charge in [-0.05, 0) is 35.7 Å². The van der Waals surface area contributed by atoms with E-state index in [2.05, 4.69) is 24.7 Å². The van der Waals surface area contributed by atoms with Crippen molar-refractivity contribution in [2.45, 2.75) is 32.2 Å². The fourth-order valence-corrected chi connectivity index (χ4v) is 2.84. The molecule has 0 bridgehead atoms. The number of nitrogens with one attached hydrogen (secondary N) is 2. The largest absolute Gasteiger partial charge is 0.287 e. The number of carbonyl (C=O) groups excluding carboxylic acids is 3. The Morgan fingerprint density at radius 1 is 1.04 bits per heavy atom. The number of amides is 3. The highest BCUT2D eigenvalue weighted by Gasteiger charge is 2.39. The zero-order chi connectivity index (χ0) is 18.7. The number of hydrogen-bond donors (Lipinski definition) is 2. The number of benzene rings is 2. The van der Waals surface area contributed by atoms with Crippen molar-refractivity contribution in [3.05, 3.63) is 65.7 Å². The average Bonchev–Trinajstić information content (AvgIpc) is 2.94. The zero-order valence-electron chi connectivity index (χ0n) is 14.7. The molecule has 0 saturated carbocycles. The van der Waals surface area contributed by atoms with Crippen LogP contribution >= 0.6 is 0 Å². The molecule has 2 N–H and O–H groups in total. The third-order valence-electron chi connectivity index (χ3n) is 4.36. The Labute approximate surface area is 152 Å². The van der Waals surface area contributed by atoms with Gasteiger partial charge in [0.25, 0.3) is 11.8 Å². The minimum atomic E-state index is -0.778. The summed E-state index contributed by atoms with van der Waals surface area (Å²) in [6, 6.07) is 15.3. The molecule has 1 aliphatic rings. The first-order valence-electron chi connectivity index (χ1n) is 8.55. The molecular formula is C20H21N3O3. The number of anilines is 1. The predicted octanol–water partition coefficient (Wildman–Crippen LogP) is 2.38. The van der Waals surface area contributed by atoms with Crippen LogP contribution in [0.3, 0.4) is 0 Å². The van der Waals surface area contributed by atoms with Crippen molar-refractivity contribution in [2.24, 2.45) is 0 Å². The van der Waals surface area contributed by atoms with Crippen LogP contribution in [0.4, 0.5) is 5.69 Å². The lowest BCUT2D eigenvalue weighted by atomic mass is 10.0. The van der Waals surface area contributed by atoms with Crippen molar-refractivity contribution >= 4 is 23.4 Å². The minimum Gasteiger partial charge on any atom is -0.287 e. The van der Waals surface area contributed by atoms with E-state index in [1.165, 1.54) is 0 Å². The van der Waals surface area contributed by atoms with Gasteiger partial charge in [-0.2, -0.15) is 0 Å². The number of imide groups is 1. The molecule has 1 saturated heterocycles. The van der Waals surface area contributed by atoms with Crippen LogP contribution in [0.5, 0.6) is 0 Å². The summed E-state index contributed by atoms with van der Waals surface area (Å²) in [5, 5.41) is 0. The minimum absolute atomic E-state index is 0.000164. The molecule has 1 fully saturated rings. The Hall–Kier alpha value is -2.99. The summed E-state index contributed by atoms with van der Waals surface area (Å²) < 4.78 is 0. The normalized spacial score (nSPS) is 17.0. The predicted molar refractivity (Wildman–Crippen MR) is 98.5 cm³/mol. The molecule has 26 heavy (non-hydrogen) atoms. The summed E-state index contributed by atoms with van der Waals surface area (Å²) in [7, 11) is 0. The van der Waals surface area contributed by atoms with Gasteiger partial charge in [0.2, 0.25) is 5.91 Å². The van der Waals surface area contributed by atoms with E-state index in [0.717, 1.165) is 10.5 Å². The van der Waals surface area contributed by atoms with Crippen molar-refractivity contribution in [1.82, 2.24) is 10.9 Å². The van der Waals surface area contributed by atoms with Crippen LogP contribution in [0.25, 0.3) is 0 Å². The van der Waals surface area contributed by atoms with Crippen molar-refractivity contribution in [3.63, 3.8) is 0 Å². The first-order valence-corrected chi connectivity index (χ1v) is 8.55. The Morgan fingerprint density at radius 2 is 1.69 bits per heavy atom. The summed E-state index contributed by atoms with van der Waals surface area (Å²) >= 11 is 0. The highest BCUT2D eigenvalue weighted by Crippen LogP contribution is 2.25. The van der Waals surface area contributed by atoms with Crippen molar-refractivity contribution in [2.75, 3.05) is 4.90 Å². The second-order valence-corrected chi connectivity index (χ2v) is 6.53. The SMILES string of the molecule is CC(C)c1ccc(N2C(=O)C[C@H](NNC(=O)c3ccccc3)C2=O)cc1. The molecular weight excluding hydrogens is 330 g/mol. The lowest BCUT2D eigenvalue weighted by Gasteiger charge is -2.17. The van der Waals surface area contributed by atoms with Gasteiger partial charge in [0, 0.05) is 5.56 Å². The summed E-state index contributed by atoms with van der Waals surface area (Å²) in [4.78, 5) is 38.1. The molecule has 0 aliphatic carbocycles. The van der Waals surface area contributed by atoms with Gasteiger partial charge in [-0.15, -0.1) is 0 Å². The maximum Gasteiger partial charge on any atom is 0.265 e. The van der Waals surface area contributed by atoms with Gasteiger partial charge in [0.15, 0.2) is 0 Å². The standard InChI is InChI=1S/C20H21N3O3/c1-13(2)14-8-10-16(11-9-14)23-18(24)12-17(20(23)26)21-22-19(25)15-6-4-3-5-7-15/h3-11,13,17,21H,12H2,1-2H3,(H,22,25)/t17-/m0/s1. The monoisotopic (exact) mass is 351 g/mol. The van der Waals surface area contributed by atoms with Crippen molar-refractivity contribution in [1.29, 1.82) is 0 Å². The second kappa shape index (κ2) is 7.49. The van der Waals surface area contributed by atoms with E-state index in [9.17, 15) is 14.4 Å². The lowest BCUT2D eigenvalue weighted by Crippen LogP contribution is -2.48. The first kappa shape index (κ1) is 17.8. The van der Waals surface area contributed by atoms with Crippen LogP contribution in [0.2, 0.25) is 0 Å². The molecule has 3 rings (SSSR count). The van der Waals surface area contributed by atoms with Crippen LogP contribution in [0, 0.1) is 0 Å². The third-order valence-corrected chi connectivity index (χ3v) is 4.36. The topological polar surface area (TPSA) is 78.5 Å². The maximum atomic E-state index is 12.6. The van der Waals surface area contributed by atoms with Gasteiger partial charge >= 0.3 is 0 Å². The number of hydrogen-bond acceptors (Lipinski definition) is 4. The van der Waals surface area contributed by atoms with Gasteiger partial charge in [-0.3, -0.25) is 19.8 Å². The highest BCUT2D eigenvalue weighted by atomic mass is 16.2. The van der Waals surface area contributed by atoms with E-state index in [4.69, 9.17) is 0 Å². The smallest absolute Gasteiger partial charge is 0.265 e. The van der Waals surface area contributed by atoms with Crippen LogP contribution in [-0.2, 0) is 9.59 Å². The summed E-state index contributed by atoms with van der Waals surface area (Å²) in [6.07, 6.45) is -0.000164. The molecule has 0 spiro atoms. The van der Waals surface area contributed by atoms with E-state index in [-0.39, 0.29) is 24.1 Å². The zero-order valence-corrected chi connectivity index (χ0v) is 14.7. The number of hydrazine groups is 1. The van der Waals surface area contributed by atoms with Gasteiger partial charge in [-0.1, -0.05) is 44.2 Å². The van der Waals surface area contributed by atoms with E-state index in [1.807, 2.05) is 18.2 Å². The van der Waals surface area contributed by atoms with E-state index in [1.54, 1.807) is 36.4 Å². The number of nitrogens with zero attached hydrogens (tertiary/aromatic N) is 1. The quantitative estimate of drug-likeness (QED) is 0.640. The molecule has 0 radical (unpaired) electrons. The Bertz CT molecular complexity index is 816. The summed E-state index contributed by atoms with van der Waals surface area (Å²) in [5.74, 6) is -0.651. The summed E-state index contributed by atoms with van der Waals surface area (Å²) in [5.41, 5.74) is 7.33. The molecule has 0 unspecified atom stereocenters. The fraction of sp³-hybridized carbons (Fsp3) is 0.250. The molecule has 1 heterocycles. The average molecular weight is 351 g/mol. The number of carbonyl (C=O) groups is 3. The van der Waals surface area contributed by atoms with E-state index < -0.39 is 6.04 Å². The molecule has 2 aromatic carbocycles. The second-order valence-electron chi connectivity index (χ2n) is 6.53. The molecule has 2 aromatic rings. The van der Waals surface area contributed by atoms with Crippen molar-refractivity contribution in [3.8, 4) is 0 Å². The molecule has 1 atom stereocenters. The molecule has 6 nitrogen and oxygen atoms in total. The van der Waals surface area contributed by atoms with Gasteiger partial charge in [0.05, 0.1) is 12.1 Å². The Morgan fingerprint density at radius 3 is 2.31 bits per heavy atom. The van der Waals surface area contributed by atoms with Crippen LogP contribution in [-0.4, -0.2) is 23.8 Å². The Balaban J connectivity index is 1.66.